The van der Waals surface area contributed by atoms with Crippen molar-refractivity contribution in [2.75, 3.05) is 0 Å². The predicted octanol–water partition coefficient (Wildman–Crippen LogP) is 0.846. The molecule has 0 bridgehead atoms. The molecule has 0 aliphatic carbocycles. The van der Waals surface area contributed by atoms with Gasteiger partial charge in [0.25, 0.3) is 0 Å². The van der Waals surface area contributed by atoms with Gasteiger partial charge in [0.15, 0.2) is 0 Å². The first-order valence-corrected chi connectivity index (χ1v) is 5.29. The maximum Gasteiger partial charge on any atom is 0.218 e. The Morgan fingerprint density at radius 1 is 1.47 bits per heavy atom. The van der Waals surface area contributed by atoms with Gasteiger partial charge in [0, 0.05) is 12.0 Å². The first-order chi connectivity index (χ1) is 8.18. The van der Waals surface area contributed by atoms with E-state index in [1.54, 1.807) is 0 Å². The predicted molar refractivity (Wildman–Crippen MR) is 61.8 cm³/mol. The summed E-state index contributed by atoms with van der Waals surface area (Å²) in [5, 5.41) is 13.8. The second-order valence-electron chi connectivity index (χ2n) is 3.89. The number of carbonyl (C=O) groups is 1. The number of tetrazole rings is 1. The number of primary amides is 1. The highest BCUT2D eigenvalue weighted by Gasteiger charge is 2.15. The lowest BCUT2D eigenvalue weighted by Crippen LogP contribution is -2.14. The molecule has 2 aromatic rings. The molecule has 17 heavy (non-hydrogen) atoms. The quantitative estimate of drug-likeness (QED) is 0.814. The molecule has 3 N–H and O–H groups in total. The Labute approximate surface area is 98.2 Å². The lowest BCUT2D eigenvalue weighted by molar-refractivity contribution is -0.118. The standard InChI is InChI=1S/C11H13N5O/c1-7(6-10(12)17)8-4-2-3-5-9(8)11-13-15-16-14-11/h2-5,7H,6H2,1H3,(H2,12,17)(H,13,14,15,16). The van der Waals surface area contributed by atoms with E-state index < -0.39 is 0 Å². The van der Waals surface area contributed by atoms with E-state index in [2.05, 4.69) is 20.6 Å². The summed E-state index contributed by atoms with van der Waals surface area (Å²) in [7, 11) is 0. The molecule has 1 aromatic carbocycles. The highest BCUT2D eigenvalue weighted by Crippen LogP contribution is 2.28. The van der Waals surface area contributed by atoms with Crippen LogP contribution in [0.4, 0.5) is 0 Å². The van der Waals surface area contributed by atoms with Crippen LogP contribution >= 0.6 is 0 Å². The van der Waals surface area contributed by atoms with Crippen LogP contribution in [0.25, 0.3) is 11.4 Å². The van der Waals surface area contributed by atoms with E-state index >= 15 is 0 Å². The zero-order chi connectivity index (χ0) is 12.3. The van der Waals surface area contributed by atoms with Crippen molar-refractivity contribution in [3.63, 3.8) is 0 Å². The summed E-state index contributed by atoms with van der Waals surface area (Å²) in [5.41, 5.74) is 7.07. The fourth-order valence-corrected chi connectivity index (χ4v) is 1.82. The first kappa shape index (κ1) is 11.3. The minimum atomic E-state index is -0.319. The molecule has 2 rings (SSSR count). The molecule has 1 atom stereocenters. The van der Waals surface area contributed by atoms with Gasteiger partial charge in [-0.05, 0) is 16.7 Å². The average Bonchev–Trinajstić information content (AvgIpc) is 2.81. The van der Waals surface area contributed by atoms with Crippen LogP contribution in [0.3, 0.4) is 0 Å². The molecule has 1 aromatic heterocycles. The second kappa shape index (κ2) is 4.73. The smallest absolute Gasteiger partial charge is 0.218 e. The van der Waals surface area contributed by atoms with E-state index in [9.17, 15) is 4.79 Å². The molecule has 1 amide bonds. The van der Waals surface area contributed by atoms with E-state index in [0.717, 1.165) is 11.1 Å². The summed E-state index contributed by atoms with van der Waals surface area (Å²) in [6, 6.07) is 7.65. The van der Waals surface area contributed by atoms with Gasteiger partial charge in [-0.15, -0.1) is 10.2 Å². The Morgan fingerprint density at radius 3 is 2.88 bits per heavy atom. The number of amides is 1. The van der Waals surface area contributed by atoms with Crippen molar-refractivity contribution in [3.05, 3.63) is 29.8 Å². The first-order valence-electron chi connectivity index (χ1n) is 5.29. The number of nitrogens with zero attached hydrogens (tertiary/aromatic N) is 3. The third-order valence-corrected chi connectivity index (χ3v) is 2.59. The van der Waals surface area contributed by atoms with Gasteiger partial charge in [0.1, 0.15) is 0 Å². The summed E-state index contributed by atoms with van der Waals surface area (Å²) >= 11 is 0. The molecule has 1 heterocycles. The largest absolute Gasteiger partial charge is 0.370 e. The lowest BCUT2D eigenvalue weighted by Gasteiger charge is -2.12. The topological polar surface area (TPSA) is 97.5 Å². The number of aromatic amines is 1. The Morgan fingerprint density at radius 2 is 2.24 bits per heavy atom. The van der Waals surface area contributed by atoms with Gasteiger partial charge in [-0.25, -0.2) is 0 Å². The average molecular weight is 231 g/mol. The molecule has 6 nitrogen and oxygen atoms in total. The highest BCUT2D eigenvalue weighted by molar-refractivity contribution is 5.75. The summed E-state index contributed by atoms with van der Waals surface area (Å²) in [6.07, 6.45) is 0.300. The normalized spacial score (nSPS) is 12.3. The molecule has 0 saturated carbocycles. The van der Waals surface area contributed by atoms with Gasteiger partial charge in [0.2, 0.25) is 11.7 Å². The van der Waals surface area contributed by atoms with Gasteiger partial charge >= 0.3 is 0 Å². The van der Waals surface area contributed by atoms with Crippen LogP contribution in [-0.2, 0) is 4.79 Å². The molecule has 1 unspecified atom stereocenters. The molecule has 88 valence electrons. The molecule has 0 aliphatic heterocycles. The van der Waals surface area contributed by atoms with Crippen LogP contribution in [0, 0.1) is 0 Å². The van der Waals surface area contributed by atoms with Crippen molar-refractivity contribution in [1.29, 1.82) is 0 Å². The fourth-order valence-electron chi connectivity index (χ4n) is 1.82. The van der Waals surface area contributed by atoms with Crippen LogP contribution in [0.1, 0.15) is 24.8 Å². The molecular formula is C11H13N5O. The fraction of sp³-hybridized carbons (Fsp3) is 0.273. The summed E-state index contributed by atoms with van der Waals surface area (Å²) in [5.74, 6) is 0.236. The van der Waals surface area contributed by atoms with Crippen molar-refractivity contribution >= 4 is 5.91 Å². The molecule has 0 saturated heterocycles. The number of H-pyrrole nitrogens is 1. The van der Waals surface area contributed by atoms with Crippen LogP contribution in [0.2, 0.25) is 0 Å². The minimum Gasteiger partial charge on any atom is -0.370 e. The Balaban J connectivity index is 2.37. The van der Waals surface area contributed by atoms with Gasteiger partial charge in [0.05, 0.1) is 0 Å². The number of carbonyl (C=O) groups excluding carboxylic acids is 1. The Hall–Kier alpha value is -2.24. The van der Waals surface area contributed by atoms with E-state index in [-0.39, 0.29) is 11.8 Å². The number of hydrogen-bond acceptors (Lipinski definition) is 4. The van der Waals surface area contributed by atoms with Crippen molar-refractivity contribution in [2.24, 2.45) is 5.73 Å². The molecule has 0 fully saturated rings. The number of nitrogens with two attached hydrogens (primary N) is 1. The molecular weight excluding hydrogens is 218 g/mol. The monoisotopic (exact) mass is 231 g/mol. The van der Waals surface area contributed by atoms with E-state index in [1.807, 2.05) is 31.2 Å². The van der Waals surface area contributed by atoms with E-state index in [4.69, 9.17) is 5.73 Å². The molecule has 6 heteroatoms. The maximum absolute atomic E-state index is 11.0. The third-order valence-electron chi connectivity index (χ3n) is 2.59. The van der Waals surface area contributed by atoms with Crippen LogP contribution in [0.15, 0.2) is 24.3 Å². The minimum absolute atomic E-state index is 0.0298. The second-order valence-corrected chi connectivity index (χ2v) is 3.89. The molecule has 0 aliphatic rings. The third kappa shape index (κ3) is 2.47. The van der Waals surface area contributed by atoms with E-state index in [1.165, 1.54) is 0 Å². The van der Waals surface area contributed by atoms with Crippen molar-refractivity contribution in [2.45, 2.75) is 19.3 Å². The van der Waals surface area contributed by atoms with Crippen molar-refractivity contribution in [3.8, 4) is 11.4 Å². The van der Waals surface area contributed by atoms with Crippen LogP contribution in [0.5, 0.6) is 0 Å². The van der Waals surface area contributed by atoms with E-state index in [0.29, 0.717) is 12.2 Å². The SMILES string of the molecule is CC(CC(N)=O)c1ccccc1-c1nn[nH]n1. The zero-order valence-electron chi connectivity index (χ0n) is 9.42. The highest BCUT2D eigenvalue weighted by atomic mass is 16.1. The maximum atomic E-state index is 11.0. The number of aromatic nitrogens is 4. The number of nitrogens with one attached hydrogen (secondary N) is 1. The summed E-state index contributed by atoms with van der Waals surface area (Å²) < 4.78 is 0. The Bertz CT molecular complexity index is 508. The Kier molecular flexibility index (Phi) is 3.13. The summed E-state index contributed by atoms with van der Waals surface area (Å²) in [6.45, 7) is 1.95. The van der Waals surface area contributed by atoms with Crippen molar-refractivity contribution in [1.82, 2.24) is 20.6 Å². The van der Waals surface area contributed by atoms with Crippen LogP contribution < -0.4 is 5.73 Å². The molecule has 0 spiro atoms. The summed E-state index contributed by atoms with van der Waals surface area (Å²) in [4.78, 5) is 11.0. The van der Waals surface area contributed by atoms with Gasteiger partial charge in [-0.2, -0.15) is 5.21 Å². The zero-order valence-corrected chi connectivity index (χ0v) is 9.42. The number of hydrogen-bond donors (Lipinski definition) is 2. The van der Waals surface area contributed by atoms with Crippen LogP contribution in [-0.4, -0.2) is 26.5 Å². The lowest BCUT2D eigenvalue weighted by atomic mass is 9.92. The number of benzene rings is 1. The van der Waals surface area contributed by atoms with Gasteiger partial charge in [-0.1, -0.05) is 31.2 Å². The number of rotatable bonds is 4. The van der Waals surface area contributed by atoms with Gasteiger partial charge < -0.3 is 5.73 Å². The van der Waals surface area contributed by atoms with Gasteiger partial charge in [-0.3, -0.25) is 4.79 Å². The molecule has 0 radical (unpaired) electrons. The van der Waals surface area contributed by atoms with Crippen molar-refractivity contribution < 1.29 is 4.79 Å².